The Hall–Kier alpha value is -2.56. The maximum absolute atomic E-state index is 11.5. The summed E-state index contributed by atoms with van der Waals surface area (Å²) in [4.78, 5) is 11.5. The van der Waals surface area contributed by atoms with E-state index in [4.69, 9.17) is 4.74 Å². The quantitative estimate of drug-likeness (QED) is 0.648. The third-order valence-electron chi connectivity index (χ3n) is 2.69. The Kier molecular flexibility index (Phi) is 4.55. The monoisotopic (exact) mass is 272 g/mol. The van der Waals surface area contributed by atoms with Crippen LogP contribution in [0.3, 0.4) is 0 Å². The molecule has 0 fully saturated rings. The molecule has 1 aromatic carbocycles. The maximum Gasteiger partial charge on any atom is 0.373 e. The van der Waals surface area contributed by atoms with Crippen molar-refractivity contribution in [2.45, 2.75) is 19.8 Å². The summed E-state index contributed by atoms with van der Waals surface area (Å²) in [5.74, 6) is -0.708. The zero-order valence-corrected chi connectivity index (χ0v) is 11.2. The fraction of sp³-hybridized carbons (Fsp3) is 0.200. The van der Waals surface area contributed by atoms with Crippen LogP contribution in [0.4, 0.5) is 0 Å². The minimum absolute atomic E-state index is 0.0956. The Bertz CT molecular complexity index is 589. The van der Waals surface area contributed by atoms with Crippen molar-refractivity contribution in [3.05, 3.63) is 54.6 Å². The van der Waals surface area contributed by atoms with Gasteiger partial charge in [-0.2, -0.15) is 5.10 Å². The SMILES string of the molecule is CCCC(=C(Oc1ccccc1)C(=O)O)n1cccn1. The summed E-state index contributed by atoms with van der Waals surface area (Å²) in [6, 6.07) is 10.6. The van der Waals surface area contributed by atoms with Crippen molar-refractivity contribution in [3.8, 4) is 5.75 Å². The summed E-state index contributed by atoms with van der Waals surface area (Å²) in [6.45, 7) is 1.98. The number of carboxylic acids is 1. The second-order valence-corrected chi connectivity index (χ2v) is 4.20. The van der Waals surface area contributed by atoms with Gasteiger partial charge in [0.2, 0.25) is 5.76 Å². The highest BCUT2D eigenvalue weighted by molar-refractivity contribution is 5.91. The van der Waals surface area contributed by atoms with Gasteiger partial charge >= 0.3 is 5.97 Å². The van der Waals surface area contributed by atoms with Crippen LogP contribution in [0.5, 0.6) is 5.75 Å². The van der Waals surface area contributed by atoms with E-state index in [1.54, 1.807) is 42.7 Å². The molecule has 0 unspecified atom stereocenters. The summed E-state index contributed by atoms with van der Waals surface area (Å²) < 4.78 is 7.07. The molecule has 0 aliphatic heterocycles. The molecule has 0 atom stereocenters. The predicted molar refractivity (Wildman–Crippen MR) is 75.1 cm³/mol. The molecule has 1 heterocycles. The van der Waals surface area contributed by atoms with Crippen LogP contribution in [0.25, 0.3) is 5.70 Å². The van der Waals surface area contributed by atoms with E-state index in [1.807, 2.05) is 13.0 Å². The molecule has 1 N–H and O–H groups in total. The van der Waals surface area contributed by atoms with Crippen LogP contribution in [0.15, 0.2) is 54.6 Å². The van der Waals surface area contributed by atoms with E-state index in [1.165, 1.54) is 4.68 Å². The van der Waals surface area contributed by atoms with Crippen LogP contribution >= 0.6 is 0 Å². The van der Waals surface area contributed by atoms with E-state index in [9.17, 15) is 9.90 Å². The number of nitrogens with zero attached hydrogens (tertiary/aromatic N) is 2. The minimum atomic E-state index is -1.10. The Balaban J connectivity index is 2.42. The summed E-state index contributed by atoms with van der Waals surface area (Å²) in [6.07, 6.45) is 4.68. The number of aliphatic carboxylic acids is 1. The second-order valence-electron chi connectivity index (χ2n) is 4.20. The van der Waals surface area contributed by atoms with Crippen molar-refractivity contribution in [1.82, 2.24) is 9.78 Å². The smallest absolute Gasteiger partial charge is 0.373 e. The molecule has 5 nitrogen and oxygen atoms in total. The molecule has 0 aliphatic carbocycles. The molecule has 0 saturated heterocycles. The summed E-state index contributed by atoms with van der Waals surface area (Å²) >= 11 is 0. The highest BCUT2D eigenvalue weighted by atomic mass is 16.5. The fourth-order valence-corrected chi connectivity index (χ4v) is 1.83. The number of ether oxygens (including phenoxy) is 1. The molecular formula is C15H16N2O3. The van der Waals surface area contributed by atoms with E-state index < -0.39 is 5.97 Å². The fourth-order valence-electron chi connectivity index (χ4n) is 1.83. The van der Waals surface area contributed by atoms with Gasteiger partial charge in [-0.05, 0) is 24.6 Å². The molecular weight excluding hydrogens is 256 g/mol. The Morgan fingerprint density at radius 2 is 2.05 bits per heavy atom. The lowest BCUT2D eigenvalue weighted by Crippen LogP contribution is -2.14. The number of hydrogen-bond donors (Lipinski definition) is 1. The van der Waals surface area contributed by atoms with Crippen LogP contribution < -0.4 is 4.74 Å². The number of para-hydroxylation sites is 1. The summed E-state index contributed by atoms with van der Waals surface area (Å²) in [5.41, 5.74) is 0.536. The van der Waals surface area contributed by atoms with E-state index in [2.05, 4.69) is 5.10 Å². The topological polar surface area (TPSA) is 64.3 Å². The van der Waals surface area contributed by atoms with Crippen LogP contribution in [-0.2, 0) is 4.79 Å². The number of carbonyl (C=O) groups is 1. The number of hydrogen-bond acceptors (Lipinski definition) is 3. The molecule has 5 heteroatoms. The number of rotatable bonds is 6. The third kappa shape index (κ3) is 3.26. The number of aromatic nitrogens is 2. The molecule has 2 rings (SSSR count). The van der Waals surface area contributed by atoms with Gasteiger partial charge in [0.1, 0.15) is 5.75 Å². The number of carboxylic acid groups (broad SMARTS) is 1. The van der Waals surface area contributed by atoms with Crippen LogP contribution in [0.1, 0.15) is 19.8 Å². The van der Waals surface area contributed by atoms with Crippen molar-refractivity contribution in [2.24, 2.45) is 0 Å². The molecule has 2 aromatic rings. The highest BCUT2D eigenvalue weighted by Crippen LogP contribution is 2.21. The molecule has 0 radical (unpaired) electrons. The van der Waals surface area contributed by atoms with Gasteiger partial charge in [0.15, 0.2) is 0 Å². The first-order valence-electron chi connectivity index (χ1n) is 6.41. The van der Waals surface area contributed by atoms with Gasteiger partial charge in [0.25, 0.3) is 0 Å². The number of allylic oxidation sites excluding steroid dienone is 1. The maximum atomic E-state index is 11.5. The Morgan fingerprint density at radius 1 is 1.30 bits per heavy atom. The van der Waals surface area contributed by atoms with Crippen molar-refractivity contribution in [3.63, 3.8) is 0 Å². The Morgan fingerprint density at radius 3 is 2.60 bits per heavy atom. The predicted octanol–water partition coefficient (Wildman–Crippen LogP) is 3.02. The zero-order chi connectivity index (χ0) is 14.4. The van der Waals surface area contributed by atoms with Gasteiger partial charge in [-0.25, -0.2) is 9.48 Å². The van der Waals surface area contributed by atoms with Gasteiger partial charge in [-0.3, -0.25) is 0 Å². The van der Waals surface area contributed by atoms with E-state index in [-0.39, 0.29) is 5.76 Å². The molecule has 20 heavy (non-hydrogen) atoms. The Labute approximate surface area is 117 Å². The largest absolute Gasteiger partial charge is 0.475 e. The minimum Gasteiger partial charge on any atom is -0.475 e. The molecule has 104 valence electrons. The molecule has 1 aromatic heterocycles. The molecule has 0 spiro atoms. The third-order valence-corrected chi connectivity index (χ3v) is 2.69. The van der Waals surface area contributed by atoms with Gasteiger partial charge in [-0.1, -0.05) is 31.5 Å². The lowest BCUT2D eigenvalue weighted by Gasteiger charge is -2.13. The van der Waals surface area contributed by atoms with Gasteiger partial charge in [0.05, 0.1) is 5.70 Å². The van der Waals surface area contributed by atoms with E-state index in [0.717, 1.165) is 6.42 Å². The highest BCUT2D eigenvalue weighted by Gasteiger charge is 2.18. The van der Waals surface area contributed by atoms with Gasteiger partial charge < -0.3 is 9.84 Å². The molecule has 0 bridgehead atoms. The lowest BCUT2D eigenvalue weighted by atomic mass is 10.2. The standard InChI is InChI=1S/C15H16N2O3/c1-2-7-13(17-11-6-10-16-17)14(15(18)19)20-12-8-4-3-5-9-12/h3-6,8-11H,2,7H2,1H3,(H,18,19). The number of benzene rings is 1. The molecule has 0 aliphatic rings. The van der Waals surface area contributed by atoms with Gasteiger partial charge in [0, 0.05) is 12.4 Å². The normalized spacial score (nSPS) is 11.8. The van der Waals surface area contributed by atoms with E-state index in [0.29, 0.717) is 17.9 Å². The zero-order valence-electron chi connectivity index (χ0n) is 11.2. The van der Waals surface area contributed by atoms with Crippen LogP contribution in [0, 0.1) is 0 Å². The van der Waals surface area contributed by atoms with Crippen molar-refractivity contribution in [2.75, 3.05) is 0 Å². The average molecular weight is 272 g/mol. The summed E-state index contributed by atoms with van der Waals surface area (Å²) in [5, 5.41) is 13.5. The first kappa shape index (κ1) is 13.9. The van der Waals surface area contributed by atoms with Crippen molar-refractivity contribution >= 4 is 11.7 Å². The first-order chi connectivity index (χ1) is 9.72. The lowest BCUT2D eigenvalue weighted by molar-refractivity contribution is -0.135. The van der Waals surface area contributed by atoms with Gasteiger partial charge in [-0.15, -0.1) is 0 Å². The van der Waals surface area contributed by atoms with Crippen LogP contribution in [-0.4, -0.2) is 20.9 Å². The van der Waals surface area contributed by atoms with Crippen LogP contribution in [0.2, 0.25) is 0 Å². The first-order valence-corrected chi connectivity index (χ1v) is 6.41. The second kappa shape index (κ2) is 6.56. The molecule has 0 saturated carbocycles. The average Bonchev–Trinajstić information content (AvgIpc) is 2.97. The van der Waals surface area contributed by atoms with Crippen molar-refractivity contribution in [1.29, 1.82) is 0 Å². The van der Waals surface area contributed by atoms with Crippen molar-refractivity contribution < 1.29 is 14.6 Å². The summed E-state index contributed by atoms with van der Waals surface area (Å²) in [7, 11) is 0. The van der Waals surface area contributed by atoms with E-state index >= 15 is 0 Å². The molecule has 0 amide bonds.